The summed E-state index contributed by atoms with van der Waals surface area (Å²) in [4.78, 5) is 21.8. The Hall–Kier alpha value is -2.15. The third-order valence-electron chi connectivity index (χ3n) is 2.76. The van der Waals surface area contributed by atoms with E-state index >= 15 is 0 Å². The summed E-state index contributed by atoms with van der Waals surface area (Å²) in [6.07, 6.45) is 1.97. The number of carbonyl (C=O) groups excluding carboxylic acids is 1. The zero-order valence-electron chi connectivity index (χ0n) is 10.3. The van der Waals surface area contributed by atoms with E-state index in [9.17, 15) is 14.9 Å². The van der Waals surface area contributed by atoms with Crippen LogP contribution in [-0.4, -0.2) is 23.5 Å². The van der Waals surface area contributed by atoms with E-state index in [0.29, 0.717) is 5.56 Å². The summed E-state index contributed by atoms with van der Waals surface area (Å²) >= 11 is 0. The summed E-state index contributed by atoms with van der Waals surface area (Å²) < 4.78 is 5.19. The molecule has 0 saturated heterocycles. The van der Waals surface area contributed by atoms with E-state index in [2.05, 4.69) is 5.32 Å². The van der Waals surface area contributed by atoms with Crippen molar-refractivity contribution in [2.75, 3.05) is 6.61 Å². The van der Waals surface area contributed by atoms with Crippen LogP contribution in [0.4, 0.5) is 5.69 Å². The second-order valence-corrected chi connectivity index (χ2v) is 4.39. The number of carbonyl (C=O) groups is 1. The second kappa shape index (κ2) is 5.66. The molecule has 0 aromatic heterocycles. The molecular formula is C12H15N3O4. The first-order valence-corrected chi connectivity index (χ1v) is 5.99. The number of amides is 1. The van der Waals surface area contributed by atoms with Crippen LogP contribution in [0, 0.1) is 10.1 Å². The number of ether oxygens (including phenoxy) is 1. The first kappa shape index (κ1) is 13.3. The van der Waals surface area contributed by atoms with E-state index in [1.54, 1.807) is 6.07 Å². The standard InChI is InChI=1S/C12H15N3O4/c13-6-8-1-4-11(10(5-8)15(17)18)19-7-12(16)14-9-2-3-9/h1,4-5,9H,2-3,6-7,13H2,(H,14,16). The van der Waals surface area contributed by atoms with Gasteiger partial charge < -0.3 is 15.8 Å². The highest BCUT2D eigenvalue weighted by Crippen LogP contribution is 2.27. The average molecular weight is 265 g/mol. The van der Waals surface area contributed by atoms with Crippen molar-refractivity contribution in [1.29, 1.82) is 0 Å². The molecule has 1 aliphatic rings. The number of hydrogen-bond acceptors (Lipinski definition) is 5. The van der Waals surface area contributed by atoms with Crippen LogP contribution in [0.1, 0.15) is 18.4 Å². The number of nitrogens with two attached hydrogens (primary N) is 1. The van der Waals surface area contributed by atoms with E-state index in [0.717, 1.165) is 12.8 Å². The maximum atomic E-state index is 11.4. The summed E-state index contributed by atoms with van der Waals surface area (Å²) in [5.41, 5.74) is 5.89. The molecule has 2 rings (SSSR count). The summed E-state index contributed by atoms with van der Waals surface area (Å²) in [6, 6.07) is 4.70. The van der Waals surface area contributed by atoms with Crippen molar-refractivity contribution < 1.29 is 14.5 Å². The molecule has 1 aliphatic carbocycles. The molecule has 7 nitrogen and oxygen atoms in total. The fourth-order valence-corrected chi connectivity index (χ4v) is 1.59. The highest BCUT2D eigenvalue weighted by atomic mass is 16.6. The smallest absolute Gasteiger partial charge is 0.311 e. The average Bonchev–Trinajstić information content (AvgIpc) is 3.20. The van der Waals surface area contributed by atoms with Gasteiger partial charge in [-0.25, -0.2) is 0 Å². The third kappa shape index (κ3) is 3.65. The molecule has 102 valence electrons. The summed E-state index contributed by atoms with van der Waals surface area (Å²) in [6.45, 7) is -0.0113. The Labute approximate surface area is 109 Å². The number of hydrogen-bond donors (Lipinski definition) is 2. The minimum Gasteiger partial charge on any atom is -0.477 e. The number of nitro benzene ring substituents is 1. The van der Waals surface area contributed by atoms with Crippen LogP contribution < -0.4 is 15.8 Å². The van der Waals surface area contributed by atoms with Gasteiger partial charge in [0.25, 0.3) is 5.91 Å². The number of nitro groups is 1. The van der Waals surface area contributed by atoms with Crippen LogP contribution in [0.15, 0.2) is 18.2 Å². The monoisotopic (exact) mass is 265 g/mol. The molecule has 7 heteroatoms. The highest BCUT2D eigenvalue weighted by molar-refractivity contribution is 5.78. The summed E-state index contributed by atoms with van der Waals surface area (Å²) in [7, 11) is 0. The molecule has 1 aromatic rings. The molecule has 0 bridgehead atoms. The molecule has 0 heterocycles. The van der Waals surface area contributed by atoms with Gasteiger partial charge in [0.1, 0.15) is 0 Å². The van der Waals surface area contributed by atoms with Crippen molar-refractivity contribution in [1.82, 2.24) is 5.32 Å². The van der Waals surface area contributed by atoms with Crippen LogP contribution >= 0.6 is 0 Å². The Kier molecular flexibility index (Phi) is 3.96. The predicted octanol–water partition coefficient (Wildman–Crippen LogP) is 0.711. The van der Waals surface area contributed by atoms with E-state index in [1.165, 1.54) is 12.1 Å². The molecule has 0 atom stereocenters. The third-order valence-corrected chi connectivity index (χ3v) is 2.76. The van der Waals surface area contributed by atoms with Gasteiger partial charge in [0.2, 0.25) is 0 Å². The largest absolute Gasteiger partial charge is 0.477 e. The Balaban J connectivity index is 2.01. The number of nitrogens with zero attached hydrogens (tertiary/aromatic N) is 1. The molecule has 1 aromatic carbocycles. The number of nitrogens with one attached hydrogen (secondary N) is 1. The zero-order valence-corrected chi connectivity index (χ0v) is 10.3. The second-order valence-electron chi connectivity index (χ2n) is 4.39. The maximum absolute atomic E-state index is 11.4. The van der Waals surface area contributed by atoms with Crippen LogP contribution in [0.2, 0.25) is 0 Å². The van der Waals surface area contributed by atoms with E-state index in [4.69, 9.17) is 10.5 Å². The SMILES string of the molecule is NCc1ccc(OCC(=O)NC2CC2)c([N+](=O)[O-])c1. The fourth-order valence-electron chi connectivity index (χ4n) is 1.59. The molecule has 19 heavy (non-hydrogen) atoms. The van der Waals surface area contributed by atoms with E-state index < -0.39 is 4.92 Å². The molecule has 0 aliphatic heterocycles. The van der Waals surface area contributed by atoms with Gasteiger partial charge in [-0.1, -0.05) is 6.07 Å². The number of benzene rings is 1. The summed E-state index contributed by atoms with van der Waals surface area (Å²) in [5.74, 6) is -0.187. The predicted molar refractivity (Wildman–Crippen MR) is 67.6 cm³/mol. The van der Waals surface area contributed by atoms with Crippen molar-refractivity contribution >= 4 is 11.6 Å². The van der Waals surface area contributed by atoms with Crippen LogP contribution in [-0.2, 0) is 11.3 Å². The molecule has 1 amide bonds. The minimum absolute atomic E-state index is 0.0770. The lowest BCUT2D eigenvalue weighted by atomic mass is 10.2. The summed E-state index contributed by atoms with van der Waals surface area (Å²) in [5, 5.41) is 13.6. The zero-order chi connectivity index (χ0) is 13.8. The van der Waals surface area contributed by atoms with Crippen molar-refractivity contribution in [2.24, 2.45) is 5.73 Å². The van der Waals surface area contributed by atoms with Gasteiger partial charge in [0, 0.05) is 18.7 Å². The van der Waals surface area contributed by atoms with Gasteiger partial charge in [0.05, 0.1) is 4.92 Å². The number of rotatable bonds is 6. The van der Waals surface area contributed by atoms with Crippen molar-refractivity contribution in [3.63, 3.8) is 0 Å². The lowest BCUT2D eigenvalue weighted by Gasteiger charge is -2.08. The van der Waals surface area contributed by atoms with Crippen LogP contribution in [0.5, 0.6) is 5.75 Å². The van der Waals surface area contributed by atoms with Crippen LogP contribution in [0.25, 0.3) is 0 Å². The normalized spacial score (nSPS) is 13.9. The van der Waals surface area contributed by atoms with Crippen molar-refractivity contribution in [3.05, 3.63) is 33.9 Å². The van der Waals surface area contributed by atoms with Gasteiger partial charge >= 0.3 is 5.69 Å². The van der Waals surface area contributed by atoms with Gasteiger partial charge in [-0.05, 0) is 24.5 Å². The molecule has 0 unspecified atom stereocenters. The fraction of sp³-hybridized carbons (Fsp3) is 0.417. The first-order valence-electron chi connectivity index (χ1n) is 5.99. The maximum Gasteiger partial charge on any atom is 0.311 e. The van der Waals surface area contributed by atoms with Gasteiger partial charge in [-0.15, -0.1) is 0 Å². The van der Waals surface area contributed by atoms with Gasteiger partial charge in [0.15, 0.2) is 12.4 Å². The van der Waals surface area contributed by atoms with E-state index in [-0.39, 0.29) is 36.5 Å². The van der Waals surface area contributed by atoms with Crippen LogP contribution in [0.3, 0.4) is 0 Å². The Bertz CT molecular complexity index is 500. The molecule has 0 spiro atoms. The molecule has 3 N–H and O–H groups in total. The Morgan fingerprint density at radius 3 is 2.84 bits per heavy atom. The lowest BCUT2D eigenvalue weighted by Crippen LogP contribution is -2.30. The van der Waals surface area contributed by atoms with Gasteiger partial charge in [-0.3, -0.25) is 14.9 Å². The first-order chi connectivity index (χ1) is 9.10. The van der Waals surface area contributed by atoms with Gasteiger partial charge in [-0.2, -0.15) is 0 Å². The topological polar surface area (TPSA) is 107 Å². The molecular weight excluding hydrogens is 250 g/mol. The Morgan fingerprint density at radius 1 is 1.53 bits per heavy atom. The molecule has 0 radical (unpaired) electrons. The minimum atomic E-state index is -0.548. The molecule has 1 fully saturated rings. The van der Waals surface area contributed by atoms with Crippen molar-refractivity contribution in [2.45, 2.75) is 25.4 Å². The quantitative estimate of drug-likeness (QED) is 0.581. The Morgan fingerprint density at radius 2 is 2.26 bits per heavy atom. The lowest BCUT2D eigenvalue weighted by molar-refractivity contribution is -0.385. The molecule has 1 saturated carbocycles. The van der Waals surface area contributed by atoms with Crippen molar-refractivity contribution in [3.8, 4) is 5.75 Å². The highest BCUT2D eigenvalue weighted by Gasteiger charge is 2.24. The van der Waals surface area contributed by atoms with E-state index in [1.807, 2.05) is 0 Å².